The highest BCUT2D eigenvalue weighted by Crippen LogP contribution is 2.31. The Morgan fingerprint density at radius 3 is 2.76 bits per heavy atom. The highest BCUT2D eigenvalue weighted by Gasteiger charge is 2.30. The lowest BCUT2D eigenvalue weighted by Gasteiger charge is -2.30. The Morgan fingerprint density at radius 2 is 1.97 bits per heavy atom. The van der Waals surface area contributed by atoms with E-state index in [9.17, 15) is 18.0 Å². The Balaban J connectivity index is 1.04. The van der Waals surface area contributed by atoms with E-state index >= 15 is 0 Å². The third kappa shape index (κ3) is 6.62. The van der Waals surface area contributed by atoms with Crippen LogP contribution in [-0.4, -0.2) is 64.0 Å². The fraction of sp³-hybridized carbons (Fsp3) is 0.577. The highest BCUT2D eigenvalue weighted by atomic mass is 32.1. The summed E-state index contributed by atoms with van der Waals surface area (Å²) in [5.74, 6) is 0.618. The van der Waals surface area contributed by atoms with Gasteiger partial charge in [0.1, 0.15) is 0 Å². The van der Waals surface area contributed by atoms with Crippen molar-refractivity contribution in [3.8, 4) is 5.19 Å². The highest BCUT2D eigenvalue weighted by molar-refractivity contribution is 7.13. The van der Waals surface area contributed by atoms with Gasteiger partial charge >= 0.3 is 6.18 Å². The molecule has 0 saturated heterocycles. The molecule has 0 unspecified atom stereocenters. The molecule has 0 atom stereocenters. The van der Waals surface area contributed by atoms with Gasteiger partial charge in [0.15, 0.2) is 6.61 Å². The van der Waals surface area contributed by atoms with Crippen LogP contribution in [-0.2, 0) is 19.9 Å². The maximum Gasteiger partial charge on any atom is 0.422 e. The molecule has 1 aliphatic carbocycles. The summed E-state index contributed by atoms with van der Waals surface area (Å²) in [6, 6.07) is 5.85. The van der Waals surface area contributed by atoms with Crippen LogP contribution in [0.1, 0.15) is 53.0 Å². The number of thiazole rings is 1. The molecular formula is C26H32F3N5O2S. The molecule has 1 N–H and O–H groups in total. The Kier molecular flexibility index (Phi) is 7.71. The van der Waals surface area contributed by atoms with Crippen LogP contribution >= 0.6 is 11.3 Å². The standard InChI is InChI=1S/C26H32F3N5O2S/c1-33-15-20-19(3-2-4-21(20)32-33)24(35)30-18-7-5-17(6-8-18)9-12-34-13-10-22-23(11-14-34)37-25(31-22)36-16-26(27,28)29/h2-4,15,17-18H,5-14,16H2,1H3,(H,30,35)/t17-,18-. The Morgan fingerprint density at radius 1 is 1.19 bits per heavy atom. The molecule has 2 aromatic heterocycles. The van der Waals surface area contributed by atoms with Crippen molar-refractivity contribution in [2.24, 2.45) is 13.0 Å². The summed E-state index contributed by atoms with van der Waals surface area (Å²) >= 11 is 1.24. The summed E-state index contributed by atoms with van der Waals surface area (Å²) in [5.41, 5.74) is 2.38. The van der Waals surface area contributed by atoms with Crippen LogP contribution in [0, 0.1) is 5.92 Å². The lowest BCUT2D eigenvalue weighted by Crippen LogP contribution is -2.38. The maximum atomic E-state index is 12.9. The summed E-state index contributed by atoms with van der Waals surface area (Å²) in [4.78, 5) is 20.7. The molecule has 1 fully saturated rings. The molecule has 1 aromatic carbocycles. The summed E-state index contributed by atoms with van der Waals surface area (Å²) in [7, 11) is 1.86. The molecule has 1 aliphatic heterocycles. The number of nitrogens with zero attached hydrogens (tertiary/aromatic N) is 4. The van der Waals surface area contributed by atoms with E-state index in [0.717, 1.165) is 86.1 Å². The van der Waals surface area contributed by atoms with Gasteiger partial charge in [-0.05, 0) is 63.1 Å². The van der Waals surface area contributed by atoms with E-state index in [0.29, 0.717) is 11.5 Å². The first kappa shape index (κ1) is 26.0. The van der Waals surface area contributed by atoms with Crippen molar-refractivity contribution in [1.82, 2.24) is 25.0 Å². The predicted molar refractivity (Wildman–Crippen MR) is 136 cm³/mol. The molecule has 0 spiro atoms. The monoisotopic (exact) mass is 535 g/mol. The lowest BCUT2D eigenvalue weighted by atomic mass is 9.84. The fourth-order valence-corrected chi connectivity index (χ4v) is 6.34. The van der Waals surface area contributed by atoms with Crippen molar-refractivity contribution in [2.75, 3.05) is 26.2 Å². The number of hydrogen-bond acceptors (Lipinski definition) is 6. The number of aromatic nitrogens is 3. The van der Waals surface area contributed by atoms with E-state index in [1.54, 1.807) is 4.68 Å². The molecule has 7 nitrogen and oxygen atoms in total. The minimum Gasteiger partial charge on any atom is -0.460 e. The first-order chi connectivity index (χ1) is 17.7. The van der Waals surface area contributed by atoms with Gasteiger partial charge in [-0.2, -0.15) is 18.3 Å². The third-order valence-corrected chi connectivity index (χ3v) is 8.45. The number of ether oxygens (including phenoxy) is 1. The number of aryl methyl sites for hydroxylation is 1. The molecule has 200 valence electrons. The van der Waals surface area contributed by atoms with Gasteiger partial charge in [0.2, 0.25) is 0 Å². The zero-order valence-electron chi connectivity index (χ0n) is 20.9. The second-order valence-corrected chi connectivity index (χ2v) is 11.2. The van der Waals surface area contributed by atoms with Gasteiger partial charge in [0.05, 0.1) is 16.8 Å². The number of carbonyl (C=O) groups is 1. The van der Waals surface area contributed by atoms with Crippen LogP contribution in [0.25, 0.3) is 10.9 Å². The summed E-state index contributed by atoms with van der Waals surface area (Å²) in [6.45, 7) is 1.47. The van der Waals surface area contributed by atoms with Gasteiger partial charge in [-0.15, -0.1) is 0 Å². The number of halogens is 3. The summed E-state index contributed by atoms with van der Waals surface area (Å²) in [5, 5.41) is 8.63. The van der Waals surface area contributed by atoms with Crippen LogP contribution in [0.3, 0.4) is 0 Å². The van der Waals surface area contributed by atoms with Crippen molar-refractivity contribution < 1.29 is 22.7 Å². The number of benzene rings is 1. The molecule has 3 heterocycles. The third-order valence-electron chi connectivity index (χ3n) is 7.38. The number of carbonyl (C=O) groups excluding carboxylic acids is 1. The van der Waals surface area contributed by atoms with Gasteiger partial charge in [0, 0.05) is 49.1 Å². The zero-order chi connectivity index (χ0) is 26.0. The Hall–Kier alpha value is -2.66. The van der Waals surface area contributed by atoms with Gasteiger partial charge in [-0.1, -0.05) is 17.4 Å². The molecule has 0 bridgehead atoms. The maximum absolute atomic E-state index is 12.9. The average Bonchev–Trinajstić information content (AvgIpc) is 3.39. The van der Waals surface area contributed by atoms with E-state index in [1.165, 1.54) is 11.3 Å². The Bertz CT molecular complexity index is 1210. The minimum atomic E-state index is -4.35. The van der Waals surface area contributed by atoms with Crippen LogP contribution in [0.5, 0.6) is 5.19 Å². The first-order valence-corrected chi connectivity index (χ1v) is 13.7. The Labute approximate surface area is 218 Å². The molecule has 5 rings (SSSR count). The van der Waals surface area contributed by atoms with Crippen LogP contribution in [0.15, 0.2) is 24.4 Å². The van der Waals surface area contributed by atoms with Crippen LogP contribution < -0.4 is 10.1 Å². The van der Waals surface area contributed by atoms with E-state index in [2.05, 4.69) is 20.3 Å². The predicted octanol–water partition coefficient (Wildman–Crippen LogP) is 4.75. The number of alkyl halides is 3. The van der Waals surface area contributed by atoms with Gasteiger partial charge in [-0.3, -0.25) is 9.48 Å². The number of hydrogen-bond donors (Lipinski definition) is 1. The number of rotatable bonds is 7. The number of fused-ring (bicyclic) bond motifs is 2. The van der Waals surface area contributed by atoms with E-state index in [4.69, 9.17) is 4.74 Å². The van der Waals surface area contributed by atoms with Gasteiger partial charge < -0.3 is 15.0 Å². The van der Waals surface area contributed by atoms with E-state index < -0.39 is 12.8 Å². The molecule has 2 aliphatic rings. The van der Waals surface area contributed by atoms with Crippen molar-refractivity contribution >= 4 is 28.1 Å². The van der Waals surface area contributed by atoms with Crippen molar-refractivity contribution in [3.63, 3.8) is 0 Å². The average molecular weight is 536 g/mol. The summed E-state index contributed by atoms with van der Waals surface area (Å²) in [6.07, 6.45) is 4.38. The van der Waals surface area contributed by atoms with Crippen LogP contribution in [0.4, 0.5) is 13.2 Å². The smallest absolute Gasteiger partial charge is 0.422 e. The zero-order valence-corrected chi connectivity index (χ0v) is 21.7. The molecule has 1 amide bonds. The first-order valence-electron chi connectivity index (χ1n) is 12.9. The molecule has 37 heavy (non-hydrogen) atoms. The number of amides is 1. The van der Waals surface area contributed by atoms with Gasteiger partial charge in [0.25, 0.3) is 11.1 Å². The molecule has 3 aromatic rings. The topological polar surface area (TPSA) is 72.3 Å². The second-order valence-electron chi connectivity index (χ2n) is 10.1. The molecule has 1 saturated carbocycles. The van der Waals surface area contributed by atoms with Gasteiger partial charge in [-0.25, -0.2) is 4.98 Å². The number of nitrogens with one attached hydrogen (secondary N) is 1. The normalized spacial score (nSPS) is 21.0. The van der Waals surface area contributed by atoms with Crippen molar-refractivity contribution in [1.29, 1.82) is 0 Å². The summed E-state index contributed by atoms with van der Waals surface area (Å²) < 4.78 is 43.8. The van der Waals surface area contributed by atoms with Crippen molar-refractivity contribution in [3.05, 3.63) is 40.5 Å². The molecule has 0 radical (unpaired) electrons. The quantitative estimate of drug-likeness (QED) is 0.473. The van der Waals surface area contributed by atoms with Crippen molar-refractivity contribution in [2.45, 2.75) is 57.2 Å². The minimum absolute atomic E-state index is 0.0281. The van der Waals surface area contributed by atoms with Crippen LogP contribution in [0.2, 0.25) is 0 Å². The lowest BCUT2D eigenvalue weighted by molar-refractivity contribution is -0.153. The fourth-order valence-electron chi connectivity index (χ4n) is 5.40. The molecular weight excluding hydrogens is 503 g/mol. The van der Waals surface area contributed by atoms with E-state index in [1.807, 2.05) is 31.4 Å². The van der Waals surface area contributed by atoms with E-state index in [-0.39, 0.29) is 17.1 Å². The second kappa shape index (κ2) is 11.0. The SMILES string of the molecule is Cn1cc2c(C(=O)N[C@H]3CC[C@H](CCN4CCc5nc(OCC(F)(F)F)sc5CC4)CC3)cccc2n1. The largest absolute Gasteiger partial charge is 0.460 e. The molecule has 11 heteroatoms.